The summed E-state index contributed by atoms with van der Waals surface area (Å²) in [7, 11) is 0. The van der Waals surface area contributed by atoms with Gasteiger partial charge in [-0.1, -0.05) is 12.1 Å². The lowest BCUT2D eigenvalue weighted by Gasteiger charge is -2.11. The van der Waals surface area contributed by atoms with Crippen molar-refractivity contribution in [2.24, 2.45) is 0 Å². The summed E-state index contributed by atoms with van der Waals surface area (Å²) in [4.78, 5) is 5.21. The van der Waals surface area contributed by atoms with E-state index in [0.29, 0.717) is 6.54 Å². The van der Waals surface area contributed by atoms with Crippen LogP contribution in [-0.2, 0) is 6.54 Å². The molecule has 0 aliphatic rings. The van der Waals surface area contributed by atoms with Crippen LogP contribution in [0, 0.1) is 11.3 Å². The average Bonchev–Trinajstić information content (AvgIpc) is 3.17. The monoisotopic (exact) mass is 280 g/mol. The molecule has 0 spiro atoms. The molecule has 4 nitrogen and oxygen atoms in total. The van der Waals surface area contributed by atoms with Crippen molar-refractivity contribution >= 4 is 17.0 Å². The molecule has 20 heavy (non-hydrogen) atoms. The molecule has 1 aromatic carbocycles. The maximum Gasteiger partial charge on any atom is 0.100 e. The van der Waals surface area contributed by atoms with E-state index in [1.54, 1.807) is 23.9 Å². The van der Waals surface area contributed by atoms with Crippen LogP contribution in [0.1, 0.15) is 10.4 Å². The number of hydrogen-bond acceptors (Lipinski definition) is 4. The van der Waals surface area contributed by atoms with Gasteiger partial charge in [0.15, 0.2) is 0 Å². The van der Waals surface area contributed by atoms with Crippen molar-refractivity contribution in [3.8, 4) is 11.8 Å². The van der Waals surface area contributed by atoms with Gasteiger partial charge in [-0.2, -0.15) is 5.26 Å². The topological polar surface area (TPSA) is 53.6 Å². The number of para-hydroxylation sites is 2. The van der Waals surface area contributed by atoms with Crippen LogP contribution in [0.3, 0.4) is 0 Å². The first-order chi connectivity index (χ1) is 9.86. The number of thiophene rings is 1. The van der Waals surface area contributed by atoms with Crippen LogP contribution in [-0.4, -0.2) is 9.55 Å². The van der Waals surface area contributed by atoms with Gasteiger partial charge in [-0.3, -0.25) is 0 Å². The lowest BCUT2D eigenvalue weighted by molar-refractivity contribution is 1.05. The molecule has 98 valence electrons. The van der Waals surface area contributed by atoms with Crippen LogP contribution in [0.15, 0.2) is 54.4 Å². The molecular formula is C15H12N4S. The predicted molar refractivity (Wildman–Crippen MR) is 79.9 cm³/mol. The summed E-state index contributed by atoms with van der Waals surface area (Å²) >= 11 is 1.59. The largest absolute Gasteiger partial charge is 0.378 e. The standard InChI is InChI=1S/C15H12N4S/c16-8-12-7-13(20-10-12)9-18-14-3-1-2-4-15(14)19-6-5-17-11-19/h1-7,10-11,18H,9H2. The van der Waals surface area contributed by atoms with Gasteiger partial charge in [-0.15, -0.1) is 11.3 Å². The van der Waals surface area contributed by atoms with Gasteiger partial charge >= 0.3 is 0 Å². The molecule has 0 amide bonds. The molecule has 0 atom stereocenters. The smallest absolute Gasteiger partial charge is 0.100 e. The third kappa shape index (κ3) is 2.56. The number of nitriles is 1. The van der Waals surface area contributed by atoms with Crippen LogP contribution in [0.4, 0.5) is 5.69 Å². The van der Waals surface area contributed by atoms with Crippen LogP contribution in [0.2, 0.25) is 0 Å². The first-order valence-corrected chi connectivity index (χ1v) is 7.03. The fourth-order valence-electron chi connectivity index (χ4n) is 1.96. The molecule has 3 rings (SSSR count). The van der Waals surface area contributed by atoms with E-state index in [1.807, 2.05) is 46.5 Å². The van der Waals surface area contributed by atoms with Crippen molar-refractivity contribution in [1.82, 2.24) is 9.55 Å². The predicted octanol–water partition coefficient (Wildman–Crippen LogP) is 3.42. The van der Waals surface area contributed by atoms with Crippen LogP contribution in [0.5, 0.6) is 0 Å². The molecule has 0 unspecified atom stereocenters. The molecule has 2 heterocycles. The van der Waals surface area contributed by atoms with Crippen molar-refractivity contribution in [1.29, 1.82) is 5.26 Å². The van der Waals surface area contributed by atoms with Gasteiger partial charge in [-0.25, -0.2) is 4.98 Å². The molecule has 0 fully saturated rings. The van der Waals surface area contributed by atoms with Gasteiger partial charge in [-0.05, 0) is 18.2 Å². The summed E-state index contributed by atoms with van der Waals surface area (Å²) in [5, 5.41) is 14.1. The minimum absolute atomic E-state index is 0.706. The fourth-order valence-corrected chi connectivity index (χ4v) is 2.71. The van der Waals surface area contributed by atoms with Crippen LogP contribution < -0.4 is 5.32 Å². The van der Waals surface area contributed by atoms with Crippen LogP contribution in [0.25, 0.3) is 5.69 Å². The Bertz CT molecular complexity index is 737. The van der Waals surface area contributed by atoms with E-state index in [1.165, 1.54) is 0 Å². The highest BCUT2D eigenvalue weighted by Gasteiger charge is 2.04. The Labute approximate surface area is 120 Å². The number of benzene rings is 1. The second-order valence-corrected chi connectivity index (χ2v) is 5.25. The molecule has 1 N–H and O–H groups in total. The highest BCUT2D eigenvalue weighted by Crippen LogP contribution is 2.22. The number of anilines is 1. The minimum atomic E-state index is 0.706. The molecule has 5 heteroatoms. The van der Waals surface area contributed by atoms with E-state index >= 15 is 0 Å². The SMILES string of the molecule is N#Cc1csc(CNc2ccccc2-n2ccnc2)c1. The van der Waals surface area contributed by atoms with E-state index in [2.05, 4.69) is 16.4 Å². The first-order valence-electron chi connectivity index (χ1n) is 6.15. The van der Waals surface area contributed by atoms with E-state index in [9.17, 15) is 0 Å². The molecule has 0 bridgehead atoms. The highest BCUT2D eigenvalue weighted by atomic mass is 32.1. The average molecular weight is 280 g/mol. The maximum absolute atomic E-state index is 8.83. The lowest BCUT2D eigenvalue weighted by Crippen LogP contribution is -2.02. The Balaban J connectivity index is 1.80. The number of imidazole rings is 1. The number of hydrogen-bond donors (Lipinski definition) is 1. The Morgan fingerprint density at radius 3 is 3.00 bits per heavy atom. The molecule has 2 aromatic heterocycles. The minimum Gasteiger partial charge on any atom is -0.378 e. The van der Waals surface area contributed by atoms with Crippen molar-refractivity contribution in [2.75, 3.05) is 5.32 Å². The second kappa shape index (κ2) is 5.59. The van der Waals surface area contributed by atoms with E-state index in [-0.39, 0.29) is 0 Å². The molecular weight excluding hydrogens is 268 g/mol. The Hall–Kier alpha value is -2.58. The summed E-state index contributed by atoms with van der Waals surface area (Å²) in [6, 6.07) is 12.1. The summed E-state index contributed by atoms with van der Waals surface area (Å²) in [6.07, 6.45) is 5.45. The first kappa shape index (κ1) is 12.5. The van der Waals surface area contributed by atoms with Gasteiger partial charge in [0.05, 0.1) is 23.3 Å². The molecule has 0 radical (unpaired) electrons. The summed E-state index contributed by atoms with van der Waals surface area (Å²) in [5.41, 5.74) is 2.81. The zero-order valence-electron chi connectivity index (χ0n) is 10.7. The van der Waals surface area contributed by atoms with Gasteiger partial charge in [0, 0.05) is 29.2 Å². The van der Waals surface area contributed by atoms with Gasteiger partial charge in [0.2, 0.25) is 0 Å². The van der Waals surface area contributed by atoms with Crippen molar-refractivity contribution in [2.45, 2.75) is 6.54 Å². The van der Waals surface area contributed by atoms with Gasteiger partial charge < -0.3 is 9.88 Å². The quantitative estimate of drug-likeness (QED) is 0.796. The van der Waals surface area contributed by atoms with Crippen LogP contribution >= 0.6 is 11.3 Å². The highest BCUT2D eigenvalue weighted by molar-refractivity contribution is 7.10. The maximum atomic E-state index is 8.83. The molecule has 0 saturated heterocycles. The summed E-state index contributed by atoms with van der Waals surface area (Å²) in [5.74, 6) is 0. The number of nitrogens with one attached hydrogen (secondary N) is 1. The number of rotatable bonds is 4. The zero-order valence-corrected chi connectivity index (χ0v) is 11.5. The van der Waals surface area contributed by atoms with E-state index in [4.69, 9.17) is 5.26 Å². The van der Waals surface area contributed by atoms with Crippen molar-refractivity contribution in [3.05, 3.63) is 64.9 Å². The second-order valence-electron chi connectivity index (χ2n) is 4.25. The third-order valence-electron chi connectivity index (χ3n) is 2.92. The Morgan fingerprint density at radius 1 is 1.35 bits per heavy atom. The Morgan fingerprint density at radius 2 is 2.25 bits per heavy atom. The lowest BCUT2D eigenvalue weighted by atomic mass is 10.2. The Kier molecular flexibility index (Phi) is 3.48. The van der Waals surface area contributed by atoms with E-state index < -0.39 is 0 Å². The molecule has 0 aliphatic carbocycles. The normalized spacial score (nSPS) is 10.2. The van der Waals surface area contributed by atoms with Crippen molar-refractivity contribution in [3.63, 3.8) is 0 Å². The fraction of sp³-hybridized carbons (Fsp3) is 0.0667. The van der Waals surface area contributed by atoms with Crippen molar-refractivity contribution < 1.29 is 0 Å². The number of aromatic nitrogens is 2. The summed E-state index contributed by atoms with van der Waals surface area (Å²) in [6.45, 7) is 0.706. The zero-order chi connectivity index (χ0) is 13.8. The van der Waals surface area contributed by atoms with E-state index in [0.717, 1.165) is 21.8 Å². The molecule has 0 aliphatic heterocycles. The van der Waals surface area contributed by atoms with Gasteiger partial charge in [0.25, 0.3) is 0 Å². The molecule has 0 saturated carbocycles. The third-order valence-corrected chi connectivity index (χ3v) is 3.86. The number of nitrogens with zero attached hydrogens (tertiary/aromatic N) is 3. The molecule has 3 aromatic rings. The van der Waals surface area contributed by atoms with Gasteiger partial charge in [0.1, 0.15) is 6.07 Å². The summed E-state index contributed by atoms with van der Waals surface area (Å²) < 4.78 is 1.97.